The lowest BCUT2D eigenvalue weighted by molar-refractivity contribution is -0.0123. The van der Waals surface area contributed by atoms with E-state index in [-0.39, 0.29) is 50.1 Å². The second-order valence-electron chi connectivity index (χ2n) is 14.9. The smallest absolute Gasteiger partial charge is 0.320 e. The molecule has 2 atom stereocenters. The van der Waals surface area contributed by atoms with Gasteiger partial charge in [0.05, 0.1) is 53.4 Å². The summed E-state index contributed by atoms with van der Waals surface area (Å²) in [5.74, 6) is 0.258. The molecule has 0 spiro atoms. The highest BCUT2D eigenvalue weighted by molar-refractivity contribution is 6.20. The topological polar surface area (TPSA) is 122 Å². The quantitative estimate of drug-likeness (QED) is 0.227. The molecule has 6 aromatic rings. The zero-order valence-corrected chi connectivity index (χ0v) is 29.6. The Morgan fingerprint density at radius 3 is 2.79 bits per heavy atom. The van der Waals surface area contributed by atoms with E-state index in [1.54, 1.807) is 23.9 Å². The number of benzene rings is 2. The van der Waals surface area contributed by atoms with Crippen LogP contribution in [0, 0.1) is 5.82 Å². The highest BCUT2D eigenvalue weighted by Crippen LogP contribution is 2.46. The van der Waals surface area contributed by atoms with Crippen LogP contribution in [-0.2, 0) is 25.3 Å². The fourth-order valence-electron chi connectivity index (χ4n) is 8.94. The van der Waals surface area contributed by atoms with Crippen molar-refractivity contribution in [1.29, 1.82) is 0 Å². The number of aromatic nitrogens is 7. The molecule has 52 heavy (non-hydrogen) atoms. The maximum absolute atomic E-state index is 15.5. The first-order valence-electron chi connectivity index (χ1n) is 17.8. The van der Waals surface area contributed by atoms with Gasteiger partial charge in [-0.25, -0.2) is 4.39 Å². The predicted molar refractivity (Wildman–Crippen MR) is 191 cm³/mol. The van der Waals surface area contributed by atoms with Gasteiger partial charge < -0.3 is 24.0 Å². The van der Waals surface area contributed by atoms with Crippen LogP contribution in [0.1, 0.15) is 38.7 Å². The number of ether oxygens (including phenoxy) is 2. The molecule has 0 aliphatic carbocycles. The Bertz CT molecular complexity index is 2450. The van der Waals surface area contributed by atoms with Crippen molar-refractivity contribution in [3.63, 3.8) is 0 Å². The van der Waals surface area contributed by atoms with Crippen molar-refractivity contribution in [2.75, 3.05) is 50.9 Å². The number of hydrogen-bond acceptors (Lipinski definition) is 9. The van der Waals surface area contributed by atoms with Crippen molar-refractivity contribution in [3.8, 4) is 17.3 Å². The summed E-state index contributed by atoms with van der Waals surface area (Å²) >= 11 is 0. The number of H-pyrrole nitrogens is 1. The molecule has 0 radical (unpaired) electrons. The first-order chi connectivity index (χ1) is 25.0. The second-order valence-corrected chi connectivity index (χ2v) is 14.9. The highest BCUT2D eigenvalue weighted by Gasteiger charge is 2.48. The molecule has 2 aromatic carbocycles. The van der Waals surface area contributed by atoms with E-state index >= 15 is 4.39 Å². The number of rotatable bonds is 6. The van der Waals surface area contributed by atoms with Crippen LogP contribution in [0.3, 0.4) is 0 Å². The minimum Gasteiger partial charge on any atom is -0.461 e. The van der Waals surface area contributed by atoms with Crippen molar-refractivity contribution in [2.24, 2.45) is 14.1 Å². The number of aliphatic hydroxyl groups is 1. The van der Waals surface area contributed by atoms with Crippen LogP contribution >= 0.6 is 0 Å². The summed E-state index contributed by atoms with van der Waals surface area (Å²) < 4.78 is 58.9. The van der Waals surface area contributed by atoms with Crippen LogP contribution in [0.2, 0.25) is 0 Å². The molecule has 0 amide bonds. The minimum atomic E-state index is -1.61. The fraction of sp³-hybridized carbons (Fsp3) is 0.459. The van der Waals surface area contributed by atoms with Crippen molar-refractivity contribution in [1.82, 2.24) is 39.4 Å². The highest BCUT2D eigenvalue weighted by atomic mass is 19.3. The summed E-state index contributed by atoms with van der Waals surface area (Å²) in [5, 5.41) is 26.9. The number of hydrogen-bond donors (Lipinski definition) is 2. The van der Waals surface area contributed by atoms with Crippen LogP contribution in [-0.4, -0.2) is 102 Å². The Balaban J connectivity index is 1.27. The number of nitrogens with zero attached hydrogens (tertiary/aromatic N) is 8. The van der Waals surface area contributed by atoms with Gasteiger partial charge in [0.15, 0.2) is 5.65 Å². The third-order valence-corrected chi connectivity index (χ3v) is 11.3. The molecule has 3 saturated heterocycles. The maximum Gasteiger partial charge on any atom is 0.320 e. The summed E-state index contributed by atoms with van der Waals surface area (Å²) in [6.07, 6.45) is 2.50. The van der Waals surface area contributed by atoms with Gasteiger partial charge in [-0.05, 0) is 67.6 Å². The third-order valence-electron chi connectivity index (χ3n) is 11.3. The van der Waals surface area contributed by atoms with E-state index in [0.29, 0.717) is 47.7 Å². The predicted octanol–water partition coefficient (Wildman–Crippen LogP) is 5.61. The van der Waals surface area contributed by atoms with Crippen molar-refractivity contribution >= 4 is 49.6 Å². The summed E-state index contributed by atoms with van der Waals surface area (Å²) in [5.41, 5.74) is 3.32. The van der Waals surface area contributed by atoms with Crippen molar-refractivity contribution < 1.29 is 27.8 Å². The lowest BCUT2D eigenvalue weighted by Gasteiger charge is -2.31. The standard InChI is InChI=1S/C37H40F3N9O3/c1-5-22-24(38)8-7-20-13-25-23(15-41-44-25)27(26(20)22)29-31-30(47(4)45-29)28-33(46(31)3)42-35(43-34(28)48-11-12-51-18-36(2,50)17-48)52-19-37-9-6-10-49(37)16-21(14-37)32(39)40/h7-8,13,15,50H,5-6,9-12,14,16-19H2,1-4H3,(H,41,44)/t36-,37-/m0/s1. The van der Waals surface area contributed by atoms with Gasteiger partial charge in [-0.2, -0.15) is 28.9 Å². The first-order valence-corrected chi connectivity index (χ1v) is 17.8. The van der Waals surface area contributed by atoms with Crippen molar-refractivity contribution in [3.05, 3.63) is 47.4 Å². The molecule has 2 N–H and O–H groups in total. The van der Waals surface area contributed by atoms with E-state index in [9.17, 15) is 13.9 Å². The average molecular weight is 716 g/mol. The Labute approximate surface area is 296 Å². The van der Waals surface area contributed by atoms with E-state index in [4.69, 9.17) is 24.5 Å². The normalized spacial score (nSPS) is 22.8. The minimum absolute atomic E-state index is 0.116. The molecule has 3 aliphatic rings. The number of fused-ring (bicyclic) bond motifs is 6. The van der Waals surface area contributed by atoms with Gasteiger partial charge in [0.1, 0.15) is 29.5 Å². The molecule has 0 unspecified atom stereocenters. The van der Waals surface area contributed by atoms with Gasteiger partial charge in [-0.3, -0.25) is 14.7 Å². The van der Waals surface area contributed by atoms with E-state index in [1.807, 2.05) is 36.6 Å². The zero-order chi connectivity index (χ0) is 36.1. The van der Waals surface area contributed by atoms with Crippen LogP contribution in [0.25, 0.3) is 55.0 Å². The van der Waals surface area contributed by atoms with Gasteiger partial charge >= 0.3 is 6.01 Å². The Kier molecular flexibility index (Phi) is 7.58. The summed E-state index contributed by atoms with van der Waals surface area (Å²) in [6, 6.07) is 5.39. The van der Waals surface area contributed by atoms with Gasteiger partial charge in [0.25, 0.3) is 6.08 Å². The molecule has 3 aliphatic heterocycles. The molecule has 3 fully saturated rings. The van der Waals surface area contributed by atoms with Gasteiger partial charge in [-0.15, -0.1) is 0 Å². The first kappa shape index (κ1) is 33.1. The molecule has 12 nitrogen and oxygen atoms in total. The third kappa shape index (κ3) is 5.00. The Hall–Kier alpha value is -4.73. The number of β-amino-alcohol motifs (C(OH)–C–C–N with tert-alkyl or cyclic N) is 1. The van der Waals surface area contributed by atoms with E-state index in [0.717, 1.165) is 57.7 Å². The lowest BCUT2D eigenvalue weighted by atomic mass is 9.92. The summed E-state index contributed by atoms with van der Waals surface area (Å²) in [4.78, 5) is 14.1. The average Bonchev–Trinajstić information content (AvgIpc) is 3.91. The number of halogens is 3. The zero-order valence-electron chi connectivity index (χ0n) is 29.6. The molecular formula is C37H40F3N9O3. The van der Waals surface area contributed by atoms with Crippen LogP contribution in [0.5, 0.6) is 6.01 Å². The van der Waals surface area contributed by atoms with E-state index in [1.165, 1.54) is 6.07 Å². The Morgan fingerprint density at radius 1 is 1.13 bits per heavy atom. The van der Waals surface area contributed by atoms with E-state index in [2.05, 4.69) is 15.1 Å². The molecule has 7 heterocycles. The second kappa shape index (κ2) is 11.9. The van der Waals surface area contributed by atoms with Gasteiger partial charge in [0.2, 0.25) is 0 Å². The fourth-order valence-corrected chi connectivity index (χ4v) is 8.94. The van der Waals surface area contributed by atoms with E-state index < -0.39 is 17.2 Å². The maximum atomic E-state index is 15.5. The number of anilines is 1. The molecule has 272 valence electrons. The molecule has 0 bridgehead atoms. The Morgan fingerprint density at radius 2 is 1.98 bits per heavy atom. The van der Waals surface area contributed by atoms with Crippen molar-refractivity contribution in [2.45, 2.75) is 50.7 Å². The monoisotopic (exact) mass is 715 g/mol. The largest absolute Gasteiger partial charge is 0.461 e. The molecule has 4 aromatic heterocycles. The van der Waals surface area contributed by atoms with Crippen LogP contribution in [0.4, 0.5) is 19.0 Å². The molecule has 0 saturated carbocycles. The van der Waals surface area contributed by atoms with Crippen LogP contribution in [0.15, 0.2) is 36.0 Å². The SMILES string of the molecule is CCc1c(F)ccc2cc3[nH]ncc3c(-c3nn(C)c4c5c(N6CCOC[C@@](C)(O)C6)nc(OC[C@@]67CCCN6CC(=C(F)F)C7)nc5n(C)c34)c12. The number of aromatic amines is 1. The van der Waals surface area contributed by atoms with Gasteiger partial charge in [0, 0.05) is 43.7 Å². The molecular weight excluding hydrogens is 675 g/mol. The summed E-state index contributed by atoms with van der Waals surface area (Å²) in [7, 11) is 3.77. The lowest BCUT2D eigenvalue weighted by Crippen LogP contribution is -2.44. The van der Waals surface area contributed by atoms with Gasteiger partial charge in [-0.1, -0.05) is 13.0 Å². The number of nitrogens with one attached hydrogen (secondary N) is 1. The number of aryl methyl sites for hydroxylation is 3. The molecule has 15 heteroatoms. The summed E-state index contributed by atoms with van der Waals surface area (Å²) in [6.45, 7) is 6.01. The van der Waals surface area contributed by atoms with Crippen LogP contribution < -0.4 is 9.64 Å². The molecule has 9 rings (SSSR count).